The van der Waals surface area contributed by atoms with Gasteiger partial charge in [0.25, 0.3) is 10.1 Å². The number of rotatable bonds is 3. The summed E-state index contributed by atoms with van der Waals surface area (Å²) in [7, 11) is -4.54. The van der Waals surface area contributed by atoms with Crippen LogP contribution in [0.25, 0.3) is 0 Å². The van der Waals surface area contributed by atoms with Crippen molar-refractivity contribution in [3.05, 3.63) is 0 Å². The lowest BCUT2D eigenvalue weighted by atomic mass is 9.89. The molecule has 2 aliphatic heterocycles. The monoisotopic (exact) mass is 252 g/mol. The normalized spacial score (nSPS) is 35.1. The average Bonchev–Trinajstić information content (AvgIpc) is 2.88. The van der Waals surface area contributed by atoms with Crippen molar-refractivity contribution in [2.24, 2.45) is 11.8 Å². The zero-order chi connectivity index (χ0) is 11.8. The van der Waals surface area contributed by atoms with Crippen LogP contribution in [0.5, 0.6) is 0 Å². The van der Waals surface area contributed by atoms with Crippen LogP contribution in [0, 0.1) is 11.8 Å². The smallest absolute Gasteiger partial charge is 0.295 e. The molecule has 2 heterocycles. The van der Waals surface area contributed by atoms with E-state index in [-0.39, 0.29) is 13.2 Å². The highest BCUT2D eigenvalue weighted by Gasteiger charge is 2.55. The van der Waals surface area contributed by atoms with Crippen LogP contribution >= 0.6 is 0 Å². The molecule has 0 spiro atoms. The van der Waals surface area contributed by atoms with E-state index in [1.165, 1.54) is 0 Å². The second-order valence-electron chi connectivity index (χ2n) is 4.35. The Labute approximate surface area is 94.3 Å². The summed E-state index contributed by atoms with van der Waals surface area (Å²) in [6, 6.07) is 0. The van der Waals surface area contributed by atoms with Crippen molar-refractivity contribution < 1.29 is 27.6 Å². The molecule has 0 aliphatic carbocycles. The SMILES string of the molecule is O=S(=O)(O)C(O)(C1CCOC1)C1CCOC1. The van der Waals surface area contributed by atoms with E-state index < -0.39 is 26.9 Å². The summed E-state index contributed by atoms with van der Waals surface area (Å²) in [5.74, 6) is -1.15. The van der Waals surface area contributed by atoms with Crippen molar-refractivity contribution in [2.75, 3.05) is 26.4 Å². The zero-order valence-corrected chi connectivity index (χ0v) is 9.65. The summed E-state index contributed by atoms with van der Waals surface area (Å²) in [6.45, 7) is 1.14. The Morgan fingerprint density at radius 2 is 1.50 bits per heavy atom. The Kier molecular flexibility index (Phi) is 3.24. The maximum Gasteiger partial charge on any atom is 0.295 e. The summed E-state index contributed by atoms with van der Waals surface area (Å²) in [4.78, 5) is -2.12. The van der Waals surface area contributed by atoms with Crippen LogP contribution in [0.4, 0.5) is 0 Å². The van der Waals surface area contributed by atoms with Crippen molar-refractivity contribution in [3.8, 4) is 0 Å². The lowest BCUT2D eigenvalue weighted by Gasteiger charge is -2.34. The first kappa shape index (κ1) is 12.3. The first-order valence-corrected chi connectivity index (χ1v) is 6.75. The minimum absolute atomic E-state index is 0.160. The van der Waals surface area contributed by atoms with Gasteiger partial charge >= 0.3 is 0 Å². The van der Waals surface area contributed by atoms with Gasteiger partial charge in [-0.2, -0.15) is 8.42 Å². The second kappa shape index (κ2) is 4.23. The van der Waals surface area contributed by atoms with Gasteiger partial charge in [0, 0.05) is 25.0 Å². The zero-order valence-electron chi connectivity index (χ0n) is 8.83. The quantitative estimate of drug-likeness (QED) is 0.666. The topological polar surface area (TPSA) is 93.1 Å². The molecule has 2 fully saturated rings. The Morgan fingerprint density at radius 1 is 1.06 bits per heavy atom. The highest BCUT2D eigenvalue weighted by molar-refractivity contribution is 7.87. The third-order valence-corrected chi connectivity index (χ3v) is 4.94. The molecule has 7 heteroatoms. The third kappa shape index (κ3) is 1.86. The number of aliphatic hydroxyl groups is 1. The van der Waals surface area contributed by atoms with Gasteiger partial charge in [0.05, 0.1) is 13.2 Å². The van der Waals surface area contributed by atoms with Gasteiger partial charge in [-0.05, 0) is 12.8 Å². The van der Waals surface area contributed by atoms with Crippen LogP contribution in [0.1, 0.15) is 12.8 Å². The van der Waals surface area contributed by atoms with E-state index in [2.05, 4.69) is 0 Å². The van der Waals surface area contributed by atoms with Crippen LogP contribution in [0.15, 0.2) is 0 Å². The maximum absolute atomic E-state index is 11.4. The Morgan fingerprint density at radius 3 is 1.75 bits per heavy atom. The molecule has 2 N–H and O–H groups in total. The molecule has 2 rings (SSSR count). The fraction of sp³-hybridized carbons (Fsp3) is 1.00. The highest BCUT2D eigenvalue weighted by Crippen LogP contribution is 2.40. The summed E-state index contributed by atoms with van der Waals surface area (Å²) < 4.78 is 42.3. The lowest BCUT2D eigenvalue weighted by Crippen LogP contribution is -2.52. The molecule has 0 amide bonds. The third-order valence-electron chi connectivity index (χ3n) is 3.44. The second-order valence-corrected chi connectivity index (χ2v) is 5.95. The van der Waals surface area contributed by atoms with Crippen LogP contribution in [0.2, 0.25) is 0 Å². The molecular weight excluding hydrogens is 236 g/mol. The van der Waals surface area contributed by atoms with E-state index in [0.717, 1.165) is 0 Å². The van der Waals surface area contributed by atoms with Gasteiger partial charge in [0.1, 0.15) is 0 Å². The van der Waals surface area contributed by atoms with Crippen LogP contribution in [0.3, 0.4) is 0 Å². The van der Waals surface area contributed by atoms with Crippen molar-refractivity contribution in [2.45, 2.75) is 17.8 Å². The molecule has 0 radical (unpaired) electrons. The molecule has 2 saturated heterocycles. The van der Waals surface area contributed by atoms with Crippen molar-refractivity contribution in [1.82, 2.24) is 0 Å². The van der Waals surface area contributed by atoms with E-state index in [4.69, 9.17) is 9.47 Å². The average molecular weight is 252 g/mol. The van der Waals surface area contributed by atoms with Gasteiger partial charge in [-0.3, -0.25) is 4.55 Å². The molecule has 2 aliphatic rings. The molecule has 0 aromatic carbocycles. The number of hydrogen-bond acceptors (Lipinski definition) is 5. The maximum atomic E-state index is 11.4. The van der Waals surface area contributed by atoms with E-state index in [1.54, 1.807) is 0 Å². The first-order chi connectivity index (χ1) is 7.46. The molecule has 16 heavy (non-hydrogen) atoms. The van der Waals surface area contributed by atoms with E-state index in [1.807, 2.05) is 0 Å². The summed E-state index contributed by atoms with van der Waals surface area (Å²) in [5, 5.41) is 10.3. The van der Waals surface area contributed by atoms with Gasteiger partial charge < -0.3 is 14.6 Å². The standard InChI is InChI=1S/C9H16O6S/c10-9(16(11,12)13,7-1-3-14-5-7)8-2-4-15-6-8/h7-8,10H,1-6H2,(H,11,12,13). The van der Waals surface area contributed by atoms with Crippen molar-refractivity contribution in [1.29, 1.82) is 0 Å². The largest absolute Gasteiger partial charge is 0.381 e. The number of ether oxygens (including phenoxy) is 2. The predicted molar refractivity (Wildman–Crippen MR) is 54.4 cm³/mol. The molecule has 6 nitrogen and oxygen atoms in total. The lowest BCUT2D eigenvalue weighted by molar-refractivity contribution is -0.00896. The molecule has 0 bridgehead atoms. The van der Waals surface area contributed by atoms with Gasteiger partial charge in [-0.15, -0.1) is 0 Å². The number of hydrogen-bond donors (Lipinski definition) is 2. The van der Waals surface area contributed by atoms with Crippen LogP contribution in [-0.2, 0) is 19.6 Å². The summed E-state index contributed by atoms with van der Waals surface area (Å²) >= 11 is 0. The molecule has 0 aromatic heterocycles. The molecule has 2 unspecified atom stereocenters. The molecule has 0 saturated carbocycles. The fourth-order valence-corrected chi connectivity index (χ4v) is 3.69. The van der Waals surface area contributed by atoms with E-state index in [0.29, 0.717) is 26.1 Å². The van der Waals surface area contributed by atoms with Gasteiger partial charge in [-0.25, -0.2) is 0 Å². The van der Waals surface area contributed by atoms with Crippen LogP contribution in [-0.4, -0.2) is 49.4 Å². The minimum atomic E-state index is -4.54. The van der Waals surface area contributed by atoms with E-state index in [9.17, 15) is 18.1 Å². The minimum Gasteiger partial charge on any atom is -0.381 e. The van der Waals surface area contributed by atoms with Crippen LogP contribution < -0.4 is 0 Å². The van der Waals surface area contributed by atoms with E-state index >= 15 is 0 Å². The first-order valence-electron chi connectivity index (χ1n) is 5.31. The highest BCUT2D eigenvalue weighted by atomic mass is 32.2. The van der Waals surface area contributed by atoms with Gasteiger partial charge in [-0.1, -0.05) is 0 Å². The van der Waals surface area contributed by atoms with Gasteiger partial charge in [0.15, 0.2) is 0 Å². The molecule has 0 aromatic rings. The molecular formula is C9H16O6S. The summed E-state index contributed by atoms with van der Waals surface area (Å²) in [5.41, 5.74) is 0. The summed E-state index contributed by atoms with van der Waals surface area (Å²) in [6.07, 6.45) is 0.875. The predicted octanol–water partition coefficient (Wildman–Crippen LogP) is -0.364. The molecule has 94 valence electrons. The Balaban J connectivity index is 2.31. The van der Waals surface area contributed by atoms with Crippen molar-refractivity contribution in [3.63, 3.8) is 0 Å². The fourth-order valence-electron chi connectivity index (χ4n) is 2.48. The van der Waals surface area contributed by atoms with Crippen molar-refractivity contribution >= 4 is 10.1 Å². The Hall–Kier alpha value is -0.210. The Bertz CT molecular complexity index is 323. The molecule has 2 atom stereocenters. The van der Waals surface area contributed by atoms with Gasteiger partial charge in [0.2, 0.25) is 4.93 Å².